The third kappa shape index (κ3) is 2.60. The first-order chi connectivity index (χ1) is 9.79. The number of benzene rings is 1. The minimum Gasteiger partial charge on any atom is -0.459 e. The summed E-state index contributed by atoms with van der Waals surface area (Å²) in [6.45, 7) is 7.18. The van der Waals surface area contributed by atoms with Crippen molar-refractivity contribution < 1.29 is 9.15 Å². The molecule has 1 aliphatic rings. The topological polar surface area (TPSA) is 34.4 Å². The molecule has 0 bridgehead atoms. The van der Waals surface area contributed by atoms with Crippen molar-refractivity contribution in [2.75, 3.05) is 19.8 Å². The van der Waals surface area contributed by atoms with E-state index in [0.29, 0.717) is 5.92 Å². The molecule has 3 heteroatoms. The van der Waals surface area contributed by atoms with Crippen molar-refractivity contribution >= 4 is 11.0 Å². The lowest BCUT2D eigenvalue weighted by Crippen LogP contribution is -2.26. The molecule has 0 saturated carbocycles. The molecule has 0 aliphatic carbocycles. The van der Waals surface area contributed by atoms with Gasteiger partial charge in [0.2, 0.25) is 0 Å². The molecular formula is C17H23NO2. The van der Waals surface area contributed by atoms with E-state index in [0.717, 1.165) is 37.5 Å². The summed E-state index contributed by atoms with van der Waals surface area (Å²) < 4.78 is 11.5. The van der Waals surface area contributed by atoms with Gasteiger partial charge >= 0.3 is 0 Å². The van der Waals surface area contributed by atoms with Crippen LogP contribution in [0.1, 0.15) is 37.6 Å². The number of fused-ring (bicyclic) bond motifs is 1. The SMILES string of the molecule is CCc1c(C(C)NCC2CCOC2)oc2ccccc12. The van der Waals surface area contributed by atoms with Crippen LogP contribution in [-0.2, 0) is 11.2 Å². The smallest absolute Gasteiger partial charge is 0.134 e. The van der Waals surface area contributed by atoms with Gasteiger partial charge in [0.1, 0.15) is 11.3 Å². The standard InChI is InChI=1S/C17H23NO2/c1-3-14-15-6-4-5-7-16(15)20-17(14)12(2)18-10-13-8-9-19-11-13/h4-7,12-13,18H,3,8-11H2,1-2H3. The summed E-state index contributed by atoms with van der Waals surface area (Å²) in [6.07, 6.45) is 2.17. The number of rotatable bonds is 5. The second-order valence-electron chi connectivity index (χ2n) is 5.65. The Hall–Kier alpha value is -1.32. The van der Waals surface area contributed by atoms with Gasteiger partial charge in [0.05, 0.1) is 12.6 Å². The number of para-hydroxylation sites is 1. The zero-order chi connectivity index (χ0) is 13.9. The van der Waals surface area contributed by atoms with Gasteiger partial charge in [-0.25, -0.2) is 0 Å². The summed E-state index contributed by atoms with van der Waals surface area (Å²) in [5.74, 6) is 1.74. The van der Waals surface area contributed by atoms with E-state index in [9.17, 15) is 0 Å². The van der Waals surface area contributed by atoms with Gasteiger partial charge in [-0.1, -0.05) is 25.1 Å². The highest BCUT2D eigenvalue weighted by molar-refractivity contribution is 5.82. The van der Waals surface area contributed by atoms with Crippen molar-refractivity contribution in [2.45, 2.75) is 32.7 Å². The van der Waals surface area contributed by atoms with Crippen LogP contribution < -0.4 is 5.32 Å². The van der Waals surface area contributed by atoms with E-state index in [1.807, 2.05) is 6.07 Å². The van der Waals surface area contributed by atoms with E-state index >= 15 is 0 Å². The molecule has 1 aliphatic heterocycles. The molecule has 108 valence electrons. The lowest BCUT2D eigenvalue weighted by Gasteiger charge is -2.15. The molecule has 2 atom stereocenters. The monoisotopic (exact) mass is 273 g/mol. The Morgan fingerprint density at radius 3 is 2.95 bits per heavy atom. The molecule has 3 rings (SSSR count). The Morgan fingerprint density at radius 1 is 1.35 bits per heavy atom. The van der Waals surface area contributed by atoms with E-state index in [4.69, 9.17) is 9.15 Å². The fourth-order valence-corrected chi connectivity index (χ4v) is 3.01. The molecular weight excluding hydrogens is 250 g/mol. The average Bonchev–Trinajstić information content (AvgIpc) is 3.11. The summed E-state index contributed by atoms with van der Waals surface area (Å²) in [5.41, 5.74) is 2.33. The number of furan rings is 1. The van der Waals surface area contributed by atoms with E-state index in [2.05, 4.69) is 37.4 Å². The van der Waals surface area contributed by atoms with Crippen LogP contribution in [0.15, 0.2) is 28.7 Å². The van der Waals surface area contributed by atoms with Gasteiger partial charge in [0.15, 0.2) is 0 Å². The molecule has 1 aromatic carbocycles. The molecule has 1 fully saturated rings. The summed E-state index contributed by atoms with van der Waals surface area (Å²) >= 11 is 0. The number of hydrogen-bond acceptors (Lipinski definition) is 3. The Bertz CT molecular complexity index is 569. The van der Waals surface area contributed by atoms with Gasteiger partial charge in [0, 0.05) is 24.1 Å². The zero-order valence-corrected chi connectivity index (χ0v) is 12.3. The molecule has 1 saturated heterocycles. The van der Waals surface area contributed by atoms with Gasteiger partial charge in [-0.2, -0.15) is 0 Å². The first kappa shape index (κ1) is 13.7. The fourth-order valence-electron chi connectivity index (χ4n) is 3.01. The van der Waals surface area contributed by atoms with Gasteiger partial charge in [0.25, 0.3) is 0 Å². The zero-order valence-electron chi connectivity index (χ0n) is 12.3. The van der Waals surface area contributed by atoms with Gasteiger partial charge < -0.3 is 14.5 Å². The van der Waals surface area contributed by atoms with Gasteiger partial charge in [-0.15, -0.1) is 0 Å². The number of ether oxygens (including phenoxy) is 1. The lowest BCUT2D eigenvalue weighted by atomic mass is 10.0. The van der Waals surface area contributed by atoms with E-state index in [1.165, 1.54) is 17.4 Å². The molecule has 0 radical (unpaired) electrons. The van der Waals surface area contributed by atoms with Crippen LogP contribution in [0.4, 0.5) is 0 Å². The molecule has 0 spiro atoms. The summed E-state index contributed by atoms with van der Waals surface area (Å²) in [5, 5.41) is 4.86. The molecule has 2 heterocycles. The van der Waals surface area contributed by atoms with Crippen LogP contribution in [0.2, 0.25) is 0 Å². The molecule has 1 aromatic heterocycles. The van der Waals surface area contributed by atoms with Crippen LogP contribution in [0, 0.1) is 5.92 Å². The second kappa shape index (κ2) is 5.98. The quantitative estimate of drug-likeness (QED) is 0.902. The van der Waals surface area contributed by atoms with Crippen molar-refractivity contribution in [1.29, 1.82) is 0 Å². The predicted octanol–water partition coefficient (Wildman–Crippen LogP) is 3.68. The minimum atomic E-state index is 0.248. The van der Waals surface area contributed by atoms with Crippen molar-refractivity contribution in [2.24, 2.45) is 5.92 Å². The molecule has 2 unspecified atom stereocenters. The Morgan fingerprint density at radius 2 is 2.20 bits per heavy atom. The molecule has 0 amide bonds. The fraction of sp³-hybridized carbons (Fsp3) is 0.529. The van der Waals surface area contributed by atoms with Crippen molar-refractivity contribution in [3.05, 3.63) is 35.6 Å². The van der Waals surface area contributed by atoms with E-state index in [1.54, 1.807) is 0 Å². The van der Waals surface area contributed by atoms with Crippen LogP contribution in [0.25, 0.3) is 11.0 Å². The second-order valence-corrected chi connectivity index (χ2v) is 5.65. The van der Waals surface area contributed by atoms with Crippen LogP contribution in [-0.4, -0.2) is 19.8 Å². The molecule has 20 heavy (non-hydrogen) atoms. The number of hydrogen-bond donors (Lipinski definition) is 1. The highest BCUT2D eigenvalue weighted by Crippen LogP contribution is 2.30. The maximum absolute atomic E-state index is 6.07. The van der Waals surface area contributed by atoms with Crippen LogP contribution in [0.5, 0.6) is 0 Å². The van der Waals surface area contributed by atoms with Crippen molar-refractivity contribution in [3.8, 4) is 0 Å². The highest BCUT2D eigenvalue weighted by Gasteiger charge is 2.20. The maximum atomic E-state index is 6.07. The first-order valence-electron chi connectivity index (χ1n) is 7.61. The van der Waals surface area contributed by atoms with Crippen molar-refractivity contribution in [3.63, 3.8) is 0 Å². The first-order valence-corrected chi connectivity index (χ1v) is 7.61. The summed E-state index contributed by atoms with van der Waals surface area (Å²) in [6, 6.07) is 8.56. The van der Waals surface area contributed by atoms with Crippen LogP contribution in [0.3, 0.4) is 0 Å². The minimum absolute atomic E-state index is 0.248. The molecule has 3 nitrogen and oxygen atoms in total. The molecule has 1 N–H and O–H groups in total. The summed E-state index contributed by atoms with van der Waals surface area (Å²) in [7, 11) is 0. The average molecular weight is 273 g/mol. The third-order valence-corrected chi connectivity index (χ3v) is 4.21. The predicted molar refractivity (Wildman–Crippen MR) is 80.9 cm³/mol. The lowest BCUT2D eigenvalue weighted by molar-refractivity contribution is 0.184. The normalized spacial score (nSPS) is 20.6. The highest BCUT2D eigenvalue weighted by atomic mass is 16.5. The van der Waals surface area contributed by atoms with E-state index < -0.39 is 0 Å². The van der Waals surface area contributed by atoms with Crippen LogP contribution >= 0.6 is 0 Å². The number of nitrogens with one attached hydrogen (secondary N) is 1. The Kier molecular flexibility index (Phi) is 4.08. The van der Waals surface area contributed by atoms with Gasteiger partial charge in [-0.05, 0) is 31.7 Å². The Labute approximate surface area is 120 Å². The Balaban J connectivity index is 1.77. The van der Waals surface area contributed by atoms with Crippen molar-refractivity contribution in [1.82, 2.24) is 5.32 Å². The largest absolute Gasteiger partial charge is 0.459 e. The third-order valence-electron chi connectivity index (χ3n) is 4.21. The molecule has 2 aromatic rings. The summed E-state index contributed by atoms with van der Waals surface area (Å²) in [4.78, 5) is 0. The van der Waals surface area contributed by atoms with E-state index in [-0.39, 0.29) is 6.04 Å². The maximum Gasteiger partial charge on any atom is 0.134 e. The van der Waals surface area contributed by atoms with Gasteiger partial charge in [-0.3, -0.25) is 0 Å². The number of aryl methyl sites for hydroxylation is 1.